The second-order valence-electron chi connectivity index (χ2n) is 5.84. The Morgan fingerprint density at radius 1 is 0.842 bits per heavy atom. The average Bonchev–Trinajstić information content (AvgIpc) is 2.90. The van der Waals surface area contributed by atoms with Crippen molar-refractivity contribution in [1.29, 1.82) is 0 Å². The summed E-state index contributed by atoms with van der Waals surface area (Å²) < 4.78 is 5.27. The first-order chi connectivity index (χ1) is 9.25. The van der Waals surface area contributed by atoms with E-state index in [2.05, 4.69) is 0 Å². The van der Waals surface area contributed by atoms with Gasteiger partial charge in [0.2, 0.25) is 11.8 Å². The molecule has 3 fully saturated rings. The highest BCUT2D eigenvalue weighted by Gasteiger charge is 2.34. The standard InChI is InChI=1S/C14H22N2O3/c17-13(11-2-1-3-11)15-5-7-16(8-6-15)14(18)12-4-9-19-10-12/h11-12H,1-10H2. The summed E-state index contributed by atoms with van der Waals surface area (Å²) in [6.45, 7) is 4.06. The first-order valence-corrected chi connectivity index (χ1v) is 7.41. The molecule has 19 heavy (non-hydrogen) atoms. The minimum atomic E-state index is 0.0499. The zero-order valence-corrected chi connectivity index (χ0v) is 11.3. The van der Waals surface area contributed by atoms with Crippen LogP contribution in [0, 0.1) is 11.8 Å². The molecule has 0 radical (unpaired) electrons. The highest BCUT2D eigenvalue weighted by Crippen LogP contribution is 2.28. The maximum absolute atomic E-state index is 12.2. The molecule has 5 nitrogen and oxygen atoms in total. The average molecular weight is 266 g/mol. The van der Waals surface area contributed by atoms with Crippen molar-refractivity contribution < 1.29 is 14.3 Å². The lowest BCUT2D eigenvalue weighted by molar-refractivity contribution is -0.145. The lowest BCUT2D eigenvalue weighted by Gasteiger charge is -2.38. The van der Waals surface area contributed by atoms with Gasteiger partial charge in [-0.3, -0.25) is 9.59 Å². The molecule has 1 atom stereocenters. The monoisotopic (exact) mass is 266 g/mol. The minimum Gasteiger partial charge on any atom is -0.381 e. The number of piperazine rings is 1. The third-order valence-electron chi connectivity index (χ3n) is 4.64. The van der Waals surface area contributed by atoms with Crippen LogP contribution in [0.1, 0.15) is 25.7 Å². The zero-order chi connectivity index (χ0) is 13.2. The Hall–Kier alpha value is -1.10. The molecule has 106 valence electrons. The van der Waals surface area contributed by atoms with E-state index in [0.717, 1.165) is 19.3 Å². The van der Waals surface area contributed by atoms with E-state index in [1.54, 1.807) is 0 Å². The fourth-order valence-electron chi connectivity index (χ4n) is 3.05. The lowest BCUT2D eigenvalue weighted by atomic mass is 9.84. The molecule has 1 aliphatic carbocycles. The Balaban J connectivity index is 1.48. The molecule has 1 unspecified atom stereocenters. The molecule has 5 heteroatoms. The Labute approximate surface area is 113 Å². The molecule has 3 rings (SSSR count). The van der Waals surface area contributed by atoms with Crippen LogP contribution >= 0.6 is 0 Å². The molecule has 0 aromatic carbocycles. The number of ether oxygens (including phenoxy) is 1. The summed E-state index contributed by atoms with van der Waals surface area (Å²) in [5.74, 6) is 0.843. The van der Waals surface area contributed by atoms with E-state index in [-0.39, 0.29) is 17.7 Å². The molecule has 0 N–H and O–H groups in total. The van der Waals surface area contributed by atoms with Gasteiger partial charge in [-0.25, -0.2) is 0 Å². The van der Waals surface area contributed by atoms with Crippen molar-refractivity contribution in [3.8, 4) is 0 Å². The van der Waals surface area contributed by atoms with Gasteiger partial charge in [-0.2, -0.15) is 0 Å². The maximum Gasteiger partial charge on any atom is 0.228 e. The molecule has 2 heterocycles. The molecule has 0 bridgehead atoms. The van der Waals surface area contributed by atoms with Gasteiger partial charge in [0.05, 0.1) is 12.5 Å². The maximum atomic E-state index is 12.2. The Kier molecular flexibility index (Phi) is 3.73. The van der Waals surface area contributed by atoms with Crippen molar-refractivity contribution in [3.63, 3.8) is 0 Å². The molecule has 2 aliphatic heterocycles. The highest BCUT2D eigenvalue weighted by atomic mass is 16.5. The fourth-order valence-corrected chi connectivity index (χ4v) is 3.05. The number of nitrogens with zero attached hydrogens (tertiary/aromatic N) is 2. The van der Waals surface area contributed by atoms with E-state index in [4.69, 9.17) is 4.74 Å². The van der Waals surface area contributed by atoms with Gasteiger partial charge >= 0.3 is 0 Å². The van der Waals surface area contributed by atoms with Gasteiger partial charge in [0, 0.05) is 38.7 Å². The van der Waals surface area contributed by atoms with Crippen LogP contribution in [-0.2, 0) is 14.3 Å². The second-order valence-corrected chi connectivity index (χ2v) is 5.84. The zero-order valence-electron chi connectivity index (χ0n) is 11.3. The largest absolute Gasteiger partial charge is 0.381 e. The van der Waals surface area contributed by atoms with Gasteiger partial charge in [0.25, 0.3) is 0 Å². The van der Waals surface area contributed by atoms with Crippen molar-refractivity contribution >= 4 is 11.8 Å². The summed E-state index contributed by atoms with van der Waals surface area (Å²) in [6, 6.07) is 0. The number of hydrogen-bond donors (Lipinski definition) is 0. The summed E-state index contributed by atoms with van der Waals surface area (Å²) in [7, 11) is 0. The van der Waals surface area contributed by atoms with E-state index in [1.165, 1.54) is 6.42 Å². The SMILES string of the molecule is O=C(C1CCC1)N1CCN(C(=O)C2CCOC2)CC1. The van der Waals surface area contributed by atoms with E-state index in [9.17, 15) is 9.59 Å². The molecule has 0 aromatic rings. The second kappa shape index (κ2) is 5.49. The molecule has 1 saturated carbocycles. The van der Waals surface area contributed by atoms with Crippen LogP contribution in [0.4, 0.5) is 0 Å². The predicted molar refractivity (Wildman–Crippen MR) is 69.4 cm³/mol. The van der Waals surface area contributed by atoms with Crippen molar-refractivity contribution in [3.05, 3.63) is 0 Å². The summed E-state index contributed by atoms with van der Waals surface area (Å²) in [4.78, 5) is 28.2. The summed E-state index contributed by atoms with van der Waals surface area (Å²) in [6.07, 6.45) is 4.14. The Morgan fingerprint density at radius 2 is 1.42 bits per heavy atom. The van der Waals surface area contributed by atoms with E-state index in [0.29, 0.717) is 45.3 Å². The molecular formula is C14H22N2O3. The quantitative estimate of drug-likeness (QED) is 0.731. The van der Waals surface area contributed by atoms with Crippen molar-refractivity contribution in [2.45, 2.75) is 25.7 Å². The predicted octanol–water partition coefficient (Wildman–Crippen LogP) is 0.494. The van der Waals surface area contributed by atoms with Gasteiger partial charge in [0.15, 0.2) is 0 Å². The van der Waals surface area contributed by atoms with Crippen LogP contribution in [0.3, 0.4) is 0 Å². The number of carbonyl (C=O) groups excluding carboxylic acids is 2. The first kappa shape index (κ1) is 12.9. The topological polar surface area (TPSA) is 49.9 Å². The fraction of sp³-hybridized carbons (Fsp3) is 0.857. The van der Waals surface area contributed by atoms with Crippen LogP contribution in [0.25, 0.3) is 0 Å². The van der Waals surface area contributed by atoms with Crippen LogP contribution < -0.4 is 0 Å². The smallest absolute Gasteiger partial charge is 0.228 e. The molecule has 0 spiro atoms. The third-order valence-corrected chi connectivity index (χ3v) is 4.64. The summed E-state index contributed by atoms with van der Waals surface area (Å²) in [5, 5.41) is 0. The number of amides is 2. The van der Waals surface area contributed by atoms with Gasteiger partial charge in [-0.1, -0.05) is 6.42 Å². The van der Waals surface area contributed by atoms with Crippen LogP contribution in [-0.4, -0.2) is 61.0 Å². The number of carbonyl (C=O) groups is 2. The Morgan fingerprint density at radius 3 is 1.84 bits per heavy atom. The molecule has 2 saturated heterocycles. The van der Waals surface area contributed by atoms with E-state index in [1.807, 2.05) is 9.80 Å². The van der Waals surface area contributed by atoms with Crippen LogP contribution in [0.5, 0.6) is 0 Å². The van der Waals surface area contributed by atoms with Crippen molar-refractivity contribution in [1.82, 2.24) is 9.80 Å². The lowest BCUT2D eigenvalue weighted by Crippen LogP contribution is -2.53. The molecular weight excluding hydrogens is 244 g/mol. The van der Waals surface area contributed by atoms with E-state index >= 15 is 0 Å². The molecule has 0 aromatic heterocycles. The van der Waals surface area contributed by atoms with Crippen LogP contribution in [0.15, 0.2) is 0 Å². The minimum absolute atomic E-state index is 0.0499. The van der Waals surface area contributed by atoms with Gasteiger partial charge < -0.3 is 14.5 Å². The summed E-state index contributed by atoms with van der Waals surface area (Å²) >= 11 is 0. The van der Waals surface area contributed by atoms with Crippen molar-refractivity contribution in [2.75, 3.05) is 39.4 Å². The van der Waals surface area contributed by atoms with Gasteiger partial charge in [0.1, 0.15) is 0 Å². The first-order valence-electron chi connectivity index (χ1n) is 7.41. The Bertz CT molecular complexity index is 354. The third kappa shape index (κ3) is 2.61. The van der Waals surface area contributed by atoms with Crippen LogP contribution in [0.2, 0.25) is 0 Å². The molecule has 3 aliphatic rings. The van der Waals surface area contributed by atoms with E-state index < -0.39 is 0 Å². The summed E-state index contributed by atoms with van der Waals surface area (Å²) in [5.41, 5.74) is 0. The van der Waals surface area contributed by atoms with Crippen molar-refractivity contribution in [2.24, 2.45) is 11.8 Å². The highest BCUT2D eigenvalue weighted by molar-refractivity contribution is 5.81. The van der Waals surface area contributed by atoms with Gasteiger partial charge in [-0.05, 0) is 19.3 Å². The number of rotatable bonds is 2. The van der Waals surface area contributed by atoms with Gasteiger partial charge in [-0.15, -0.1) is 0 Å². The molecule has 2 amide bonds. The number of hydrogen-bond acceptors (Lipinski definition) is 3. The normalized spacial score (nSPS) is 28.3.